The lowest BCUT2D eigenvalue weighted by atomic mass is 10.1. The molecule has 0 aliphatic heterocycles. The van der Waals surface area contributed by atoms with Crippen LogP contribution in [0.3, 0.4) is 0 Å². The van der Waals surface area contributed by atoms with Gasteiger partial charge in [0.25, 0.3) is 5.91 Å². The zero-order chi connectivity index (χ0) is 22.1. The highest BCUT2D eigenvalue weighted by atomic mass is 79.9. The lowest BCUT2D eigenvalue weighted by Gasteiger charge is -2.15. The Bertz CT molecular complexity index is 1070. The minimum absolute atomic E-state index is 0.0525. The number of amides is 1. The number of rotatable bonds is 7. The van der Waals surface area contributed by atoms with Gasteiger partial charge in [0, 0.05) is 27.3 Å². The van der Waals surface area contributed by atoms with Gasteiger partial charge in [-0.2, -0.15) is 0 Å². The van der Waals surface area contributed by atoms with Gasteiger partial charge in [-0.05, 0) is 65.5 Å². The number of nitrogens with one attached hydrogen (secondary N) is 1. The number of alkyl halides is 3. The molecule has 1 amide bonds. The van der Waals surface area contributed by atoms with E-state index in [2.05, 4.69) is 31.0 Å². The van der Waals surface area contributed by atoms with E-state index in [0.29, 0.717) is 21.2 Å². The molecule has 0 aliphatic rings. The number of aliphatic hydroxyl groups excluding tert-OH is 1. The Morgan fingerprint density at radius 1 is 1.40 bits per heavy atom. The molecule has 0 bridgehead atoms. The normalized spacial score (nSPS) is 12.8. The molecule has 0 aliphatic carbocycles. The molecule has 1 atom stereocenters. The maximum Gasteiger partial charge on any atom is 0.487 e. The van der Waals surface area contributed by atoms with Crippen LogP contribution in [-0.4, -0.2) is 39.0 Å². The molecule has 0 saturated carbocycles. The highest BCUT2D eigenvalue weighted by Gasteiger charge is 2.27. The van der Waals surface area contributed by atoms with Crippen molar-refractivity contribution in [2.75, 3.05) is 18.2 Å². The summed E-state index contributed by atoms with van der Waals surface area (Å²) in [6.07, 6.45) is 1.89. The third-order valence-electron chi connectivity index (χ3n) is 4.20. The summed E-state index contributed by atoms with van der Waals surface area (Å²) >= 11 is 9.67. The molecule has 3 rings (SSSR count). The molecule has 3 aromatic rings. The number of hydrogen-bond donors (Lipinski definition) is 2. The van der Waals surface area contributed by atoms with Crippen LogP contribution in [0.1, 0.15) is 23.3 Å². The van der Waals surface area contributed by atoms with Gasteiger partial charge < -0.3 is 19.7 Å². The predicted molar refractivity (Wildman–Crippen MR) is 117 cm³/mol. The third kappa shape index (κ3) is 5.05. The van der Waals surface area contributed by atoms with Crippen molar-refractivity contribution >= 4 is 61.9 Å². The fraction of sp³-hybridized carbons (Fsp3) is 0.263. The molecule has 6 nitrogen and oxygen atoms in total. The molecule has 1 unspecified atom stereocenters. The van der Waals surface area contributed by atoms with E-state index >= 15 is 0 Å². The quantitative estimate of drug-likeness (QED) is 0.318. The fourth-order valence-corrected chi connectivity index (χ4v) is 4.26. The van der Waals surface area contributed by atoms with Gasteiger partial charge in [0.15, 0.2) is 5.16 Å². The summed E-state index contributed by atoms with van der Waals surface area (Å²) in [5.74, 6) is -0.533. The van der Waals surface area contributed by atoms with Gasteiger partial charge in [-0.1, -0.05) is 11.8 Å². The molecular weight excluding hydrogens is 504 g/mol. The van der Waals surface area contributed by atoms with E-state index in [1.54, 1.807) is 12.1 Å². The van der Waals surface area contributed by atoms with Gasteiger partial charge in [-0.3, -0.25) is 4.79 Å². The van der Waals surface area contributed by atoms with Crippen LogP contribution in [0.15, 0.2) is 46.0 Å². The van der Waals surface area contributed by atoms with E-state index in [-0.39, 0.29) is 18.4 Å². The minimum Gasteiger partial charge on any atom is -0.420 e. The summed E-state index contributed by atoms with van der Waals surface area (Å²) in [6, 6.07) is 8.52. The smallest absolute Gasteiger partial charge is 0.420 e. The van der Waals surface area contributed by atoms with Crippen molar-refractivity contribution in [1.82, 2.24) is 9.55 Å². The monoisotopic (exact) mass is 519 g/mol. The van der Waals surface area contributed by atoms with E-state index in [9.17, 15) is 18.7 Å². The second kappa shape index (κ2) is 9.09. The SMILES string of the molecule is CSc1nc2cc(C(=O)Nc3ccc(OC(F)(F)Cl)cc3)cc(Br)c2n1C(C)CO. The van der Waals surface area contributed by atoms with Crippen molar-refractivity contribution in [1.29, 1.82) is 0 Å². The van der Waals surface area contributed by atoms with E-state index < -0.39 is 11.5 Å². The van der Waals surface area contributed by atoms with Gasteiger partial charge >= 0.3 is 5.57 Å². The van der Waals surface area contributed by atoms with E-state index in [4.69, 9.17) is 11.6 Å². The van der Waals surface area contributed by atoms with Crippen LogP contribution in [0.4, 0.5) is 14.5 Å². The number of carbonyl (C=O) groups excluding carboxylic acids is 1. The molecule has 1 aromatic heterocycles. The van der Waals surface area contributed by atoms with Crippen LogP contribution in [-0.2, 0) is 0 Å². The number of imidazole rings is 1. The van der Waals surface area contributed by atoms with Crippen molar-refractivity contribution in [2.24, 2.45) is 0 Å². The third-order valence-corrected chi connectivity index (χ3v) is 5.54. The summed E-state index contributed by atoms with van der Waals surface area (Å²) in [5.41, 5.74) is -1.67. The standard InChI is InChI=1S/C19H17BrClF2N3O3S/c1-10(9-27)26-16-14(20)7-11(8-15(16)25-18(26)30-2)17(28)24-12-3-5-13(6-4-12)29-19(21,22)23/h3-8,10,27H,9H2,1-2H3,(H,24,28). The second-order valence-electron chi connectivity index (χ2n) is 6.35. The molecule has 2 N–H and O–H groups in total. The maximum absolute atomic E-state index is 12.7. The number of fused-ring (bicyclic) bond motifs is 1. The molecular formula is C19H17BrClF2N3O3S. The molecule has 1 heterocycles. The van der Waals surface area contributed by atoms with Gasteiger partial charge in [0.2, 0.25) is 0 Å². The first-order chi connectivity index (χ1) is 14.1. The summed E-state index contributed by atoms with van der Waals surface area (Å²) in [4.78, 5) is 17.3. The van der Waals surface area contributed by atoms with Gasteiger partial charge in [0.05, 0.1) is 23.7 Å². The van der Waals surface area contributed by atoms with E-state index in [1.807, 2.05) is 17.7 Å². The number of anilines is 1. The van der Waals surface area contributed by atoms with Crippen molar-refractivity contribution < 1.29 is 23.4 Å². The number of nitrogens with zero attached hydrogens (tertiary/aromatic N) is 2. The first kappa shape index (κ1) is 22.8. The van der Waals surface area contributed by atoms with Crippen LogP contribution in [0.2, 0.25) is 0 Å². The Hall–Kier alpha value is -1.88. The van der Waals surface area contributed by atoms with Crippen molar-refractivity contribution in [3.8, 4) is 5.75 Å². The molecule has 2 aromatic carbocycles. The minimum atomic E-state index is -3.81. The van der Waals surface area contributed by atoms with Gasteiger partial charge in [-0.15, -0.1) is 8.78 Å². The van der Waals surface area contributed by atoms with Crippen LogP contribution in [0.5, 0.6) is 5.75 Å². The Labute approximate surface area is 188 Å². The second-order valence-corrected chi connectivity index (χ2v) is 8.42. The Balaban J connectivity index is 1.87. The number of carbonyl (C=O) groups is 1. The van der Waals surface area contributed by atoms with Crippen LogP contribution in [0.25, 0.3) is 11.0 Å². The van der Waals surface area contributed by atoms with Gasteiger partial charge in [-0.25, -0.2) is 4.98 Å². The molecule has 0 saturated heterocycles. The predicted octanol–water partition coefficient (Wildman–Crippen LogP) is 5.49. The van der Waals surface area contributed by atoms with Crippen molar-refractivity contribution in [3.05, 3.63) is 46.4 Å². The number of halogens is 4. The number of ether oxygens (including phenoxy) is 1. The Morgan fingerprint density at radius 3 is 2.63 bits per heavy atom. The highest BCUT2D eigenvalue weighted by molar-refractivity contribution is 9.10. The van der Waals surface area contributed by atoms with Crippen LogP contribution in [0, 0.1) is 0 Å². The zero-order valence-corrected chi connectivity index (χ0v) is 19.0. The maximum atomic E-state index is 12.7. The summed E-state index contributed by atoms with van der Waals surface area (Å²) in [5, 5.41) is 13.0. The molecule has 11 heteroatoms. The lowest BCUT2D eigenvalue weighted by Crippen LogP contribution is -2.16. The summed E-state index contributed by atoms with van der Waals surface area (Å²) in [7, 11) is 0. The molecule has 30 heavy (non-hydrogen) atoms. The molecule has 0 spiro atoms. The number of benzene rings is 2. The number of hydrogen-bond acceptors (Lipinski definition) is 5. The van der Waals surface area contributed by atoms with Crippen molar-refractivity contribution in [2.45, 2.75) is 23.7 Å². The molecule has 160 valence electrons. The zero-order valence-electron chi connectivity index (χ0n) is 15.8. The van der Waals surface area contributed by atoms with Crippen molar-refractivity contribution in [3.63, 3.8) is 0 Å². The molecule has 0 fully saturated rings. The summed E-state index contributed by atoms with van der Waals surface area (Å²) in [6.45, 7) is 1.82. The summed E-state index contributed by atoms with van der Waals surface area (Å²) < 4.78 is 32.2. The number of aromatic nitrogens is 2. The largest absolute Gasteiger partial charge is 0.487 e. The average molecular weight is 521 g/mol. The number of thioether (sulfide) groups is 1. The van der Waals surface area contributed by atoms with E-state index in [1.165, 1.54) is 36.0 Å². The Kier molecular flexibility index (Phi) is 6.91. The first-order valence-electron chi connectivity index (χ1n) is 8.66. The fourth-order valence-electron chi connectivity index (χ4n) is 2.87. The van der Waals surface area contributed by atoms with Crippen LogP contribution >= 0.6 is 39.3 Å². The van der Waals surface area contributed by atoms with Crippen LogP contribution < -0.4 is 10.1 Å². The number of aliphatic hydroxyl groups is 1. The first-order valence-corrected chi connectivity index (χ1v) is 11.1. The van der Waals surface area contributed by atoms with Gasteiger partial charge in [0.1, 0.15) is 5.75 Å². The lowest BCUT2D eigenvalue weighted by molar-refractivity contribution is -0.0964. The topological polar surface area (TPSA) is 76.4 Å². The molecule has 0 radical (unpaired) electrons. The Morgan fingerprint density at radius 2 is 2.07 bits per heavy atom. The highest BCUT2D eigenvalue weighted by Crippen LogP contribution is 2.33. The van der Waals surface area contributed by atoms with E-state index in [0.717, 1.165) is 10.7 Å². The average Bonchev–Trinajstić information content (AvgIpc) is 3.07.